The monoisotopic (exact) mass is 371 g/mol. The molecule has 0 aliphatic heterocycles. The lowest BCUT2D eigenvalue weighted by atomic mass is 9.96. The fourth-order valence-electron chi connectivity index (χ4n) is 3.14. The van der Waals surface area contributed by atoms with E-state index in [1.807, 2.05) is 37.3 Å². The molecule has 0 amide bonds. The fourth-order valence-corrected chi connectivity index (χ4v) is 3.14. The van der Waals surface area contributed by atoms with Gasteiger partial charge in [0.1, 0.15) is 0 Å². The maximum absolute atomic E-state index is 12.8. The lowest BCUT2D eigenvalue weighted by Crippen LogP contribution is -2.28. The highest BCUT2D eigenvalue weighted by Crippen LogP contribution is 2.24. The van der Waals surface area contributed by atoms with Crippen molar-refractivity contribution < 1.29 is 23.9 Å². The van der Waals surface area contributed by atoms with E-state index in [2.05, 4.69) is 4.98 Å². The van der Waals surface area contributed by atoms with Crippen LogP contribution in [0.25, 0.3) is 0 Å². The Balaban J connectivity index is 2.18. The van der Waals surface area contributed by atoms with Crippen LogP contribution in [0.15, 0.2) is 30.3 Å². The maximum atomic E-state index is 12.8. The van der Waals surface area contributed by atoms with Crippen LogP contribution < -0.4 is 0 Å². The molecule has 6 nitrogen and oxygen atoms in total. The summed E-state index contributed by atoms with van der Waals surface area (Å²) in [7, 11) is 1.29. The van der Waals surface area contributed by atoms with Gasteiger partial charge in [-0.05, 0) is 38.3 Å². The summed E-state index contributed by atoms with van der Waals surface area (Å²) in [6.45, 7) is 6.78. The molecule has 2 aromatic rings. The Morgan fingerprint density at radius 3 is 2.30 bits per heavy atom. The minimum atomic E-state index is -0.975. The third kappa shape index (κ3) is 4.27. The van der Waals surface area contributed by atoms with E-state index in [1.165, 1.54) is 14.0 Å². The number of esters is 2. The molecule has 0 saturated heterocycles. The van der Waals surface area contributed by atoms with Gasteiger partial charge in [0.15, 0.2) is 6.10 Å². The third-order valence-electron chi connectivity index (χ3n) is 4.63. The minimum absolute atomic E-state index is 0.251. The fraction of sp³-hybridized carbons (Fsp3) is 0.381. The van der Waals surface area contributed by atoms with Crippen molar-refractivity contribution in [3.05, 3.63) is 58.4 Å². The van der Waals surface area contributed by atoms with Gasteiger partial charge in [0.25, 0.3) is 0 Å². The average Bonchev–Trinajstić information content (AvgIpc) is 2.96. The van der Waals surface area contributed by atoms with Gasteiger partial charge < -0.3 is 14.5 Å². The Kier molecular flexibility index (Phi) is 6.55. The molecule has 2 atom stereocenters. The van der Waals surface area contributed by atoms with Crippen molar-refractivity contribution >= 4 is 17.7 Å². The highest BCUT2D eigenvalue weighted by Gasteiger charge is 2.29. The number of H-pyrrole nitrogens is 1. The molecule has 1 N–H and O–H groups in total. The summed E-state index contributed by atoms with van der Waals surface area (Å²) in [4.78, 5) is 40.1. The van der Waals surface area contributed by atoms with Crippen LogP contribution in [-0.2, 0) is 14.3 Å². The van der Waals surface area contributed by atoms with Crippen LogP contribution in [0, 0.1) is 13.8 Å². The first-order valence-electron chi connectivity index (χ1n) is 8.88. The molecular formula is C21H25NO5. The van der Waals surface area contributed by atoms with Crippen molar-refractivity contribution in [2.45, 2.75) is 46.1 Å². The van der Waals surface area contributed by atoms with E-state index in [4.69, 9.17) is 9.47 Å². The Labute approximate surface area is 158 Å². The summed E-state index contributed by atoms with van der Waals surface area (Å²) in [6.07, 6.45) is -0.408. The first-order valence-corrected chi connectivity index (χ1v) is 8.88. The predicted octanol–water partition coefficient (Wildman–Crippen LogP) is 3.73. The Morgan fingerprint density at radius 2 is 1.74 bits per heavy atom. The molecule has 0 spiro atoms. The SMILES string of the molecule is CC[C@@H](C(=O)O[C@H](C)C(=O)c1[nH]c(C)c(C(=O)OC)c1C)c1ccccc1. The summed E-state index contributed by atoms with van der Waals surface area (Å²) in [5, 5.41) is 0. The second-order valence-corrected chi connectivity index (χ2v) is 6.43. The normalized spacial score (nSPS) is 12.9. The van der Waals surface area contributed by atoms with E-state index < -0.39 is 24.0 Å². The molecule has 1 heterocycles. The minimum Gasteiger partial charge on any atom is -0.465 e. The van der Waals surface area contributed by atoms with Gasteiger partial charge in [-0.25, -0.2) is 4.79 Å². The van der Waals surface area contributed by atoms with E-state index in [-0.39, 0.29) is 11.5 Å². The number of hydrogen-bond acceptors (Lipinski definition) is 5. The Bertz CT molecular complexity index is 838. The second kappa shape index (κ2) is 8.66. The van der Waals surface area contributed by atoms with Gasteiger partial charge in [0.2, 0.25) is 5.78 Å². The zero-order chi connectivity index (χ0) is 20.1. The smallest absolute Gasteiger partial charge is 0.339 e. The molecule has 1 aromatic heterocycles. The lowest BCUT2D eigenvalue weighted by Gasteiger charge is -2.18. The summed E-state index contributed by atoms with van der Waals surface area (Å²) in [5.41, 5.74) is 2.46. The molecule has 0 saturated carbocycles. The Morgan fingerprint density at radius 1 is 1.11 bits per heavy atom. The van der Waals surface area contributed by atoms with Crippen molar-refractivity contribution in [2.75, 3.05) is 7.11 Å². The van der Waals surface area contributed by atoms with Crippen LogP contribution >= 0.6 is 0 Å². The molecule has 0 aliphatic carbocycles. The average molecular weight is 371 g/mol. The van der Waals surface area contributed by atoms with E-state index >= 15 is 0 Å². The van der Waals surface area contributed by atoms with Gasteiger partial charge in [0, 0.05) is 5.69 Å². The molecule has 144 valence electrons. The predicted molar refractivity (Wildman–Crippen MR) is 101 cm³/mol. The van der Waals surface area contributed by atoms with E-state index in [0.717, 1.165) is 5.56 Å². The van der Waals surface area contributed by atoms with Gasteiger partial charge in [-0.15, -0.1) is 0 Å². The molecule has 0 bridgehead atoms. The number of hydrogen-bond donors (Lipinski definition) is 1. The second-order valence-electron chi connectivity index (χ2n) is 6.43. The standard InChI is InChI=1S/C21H25NO5/c1-6-16(15-10-8-7-9-11-15)20(24)27-14(4)19(23)18-12(2)17(13(3)22-18)21(25)26-5/h7-11,14,16,22H,6H2,1-5H3/t14-,16-/m1/s1. The van der Waals surface area contributed by atoms with Crippen molar-refractivity contribution in [1.29, 1.82) is 0 Å². The highest BCUT2D eigenvalue weighted by molar-refractivity contribution is 6.04. The molecule has 0 aliphatic rings. The van der Waals surface area contributed by atoms with E-state index in [0.29, 0.717) is 23.2 Å². The van der Waals surface area contributed by atoms with Crippen molar-refractivity contribution in [3.8, 4) is 0 Å². The van der Waals surface area contributed by atoms with Crippen molar-refractivity contribution in [2.24, 2.45) is 0 Å². The number of carbonyl (C=O) groups excluding carboxylic acids is 3. The molecule has 0 radical (unpaired) electrons. The number of ketones is 1. The van der Waals surface area contributed by atoms with Gasteiger partial charge in [-0.3, -0.25) is 9.59 Å². The summed E-state index contributed by atoms with van der Waals surface area (Å²) in [6, 6.07) is 9.33. The van der Waals surface area contributed by atoms with Crippen LogP contribution in [0.5, 0.6) is 0 Å². The molecule has 0 fully saturated rings. The van der Waals surface area contributed by atoms with Crippen LogP contribution in [0.1, 0.15) is 63.9 Å². The van der Waals surface area contributed by atoms with E-state index in [1.54, 1.807) is 13.8 Å². The van der Waals surface area contributed by atoms with Crippen LogP contribution in [-0.4, -0.2) is 35.9 Å². The number of nitrogens with one attached hydrogen (secondary N) is 1. The number of ether oxygens (including phenoxy) is 2. The van der Waals surface area contributed by atoms with Gasteiger partial charge in [-0.1, -0.05) is 37.3 Å². The topological polar surface area (TPSA) is 85.5 Å². The highest BCUT2D eigenvalue weighted by atomic mass is 16.5. The molecule has 2 rings (SSSR count). The maximum Gasteiger partial charge on any atom is 0.339 e. The summed E-state index contributed by atoms with van der Waals surface area (Å²) >= 11 is 0. The number of aryl methyl sites for hydroxylation is 1. The van der Waals surface area contributed by atoms with Crippen LogP contribution in [0.2, 0.25) is 0 Å². The van der Waals surface area contributed by atoms with Gasteiger partial charge >= 0.3 is 11.9 Å². The molecule has 1 aromatic carbocycles. The Hall–Kier alpha value is -2.89. The van der Waals surface area contributed by atoms with Gasteiger partial charge in [-0.2, -0.15) is 0 Å². The number of methoxy groups -OCH3 is 1. The number of carbonyl (C=O) groups is 3. The largest absolute Gasteiger partial charge is 0.465 e. The first kappa shape index (κ1) is 20.4. The summed E-state index contributed by atoms with van der Waals surface area (Å²) < 4.78 is 10.2. The van der Waals surface area contributed by atoms with Crippen molar-refractivity contribution in [1.82, 2.24) is 4.98 Å². The number of Topliss-reactive ketones (excluding diaryl/α,β-unsaturated/α-hetero) is 1. The first-order chi connectivity index (χ1) is 12.8. The third-order valence-corrected chi connectivity index (χ3v) is 4.63. The zero-order valence-electron chi connectivity index (χ0n) is 16.3. The van der Waals surface area contributed by atoms with Crippen LogP contribution in [0.3, 0.4) is 0 Å². The molecule has 27 heavy (non-hydrogen) atoms. The van der Waals surface area contributed by atoms with Crippen LogP contribution in [0.4, 0.5) is 0 Å². The van der Waals surface area contributed by atoms with Gasteiger partial charge in [0.05, 0.1) is 24.3 Å². The van der Waals surface area contributed by atoms with Crippen molar-refractivity contribution in [3.63, 3.8) is 0 Å². The lowest BCUT2D eigenvalue weighted by molar-refractivity contribution is -0.148. The number of rotatable bonds is 7. The summed E-state index contributed by atoms with van der Waals surface area (Å²) in [5.74, 6) is -1.78. The number of aromatic nitrogens is 1. The number of benzene rings is 1. The number of aromatic amines is 1. The van der Waals surface area contributed by atoms with E-state index in [9.17, 15) is 14.4 Å². The molecular weight excluding hydrogens is 346 g/mol. The zero-order valence-corrected chi connectivity index (χ0v) is 16.3. The molecule has 6 heteroatoms. The quantitative estimate of drug-likeness (QED) is 0.592. The molecule has 0 unspecified atom stereocenters.